The van der Waals surface area contributed by atoms with Crippen molar-refractivity contribution in [3.8, 4) is 17.2 Å². The Hall–Kier alpha value is -3.49. The lowest BCUT2D eigenvalue weighted by Crippen LogP contribution is -2.41. The highest BCUT2D eigenvalue weighted by Gasteiger charge is 2.13. The van der Waals surface area contributed by atoms with Gasteiger partial charge < -0.3 is 24.8 Å². The lowest BCUT2D eigenvalue weighted by molar-refractivity contribution is -0.384. The smallest absolute Gasteiger partial charge is 0.269 e. The minimum absolute atomic E-state index is 0.0674. The number of rotatable bonds is 10. The van der Waals surface area contributed by atoms with E-state index in [4.69, 9.17) is 14.2 Å². The molecule has 9 heteroatoms. The molecule has 1 atom stereocenters. The molecule has 0 spiro atoms. The number of nitrogens with one attached hydrogen (secondary N) is 2. The monoisotopic (exact) mass is 430 g/mol. The van der Waals surface area contributed by atoms with Crippen molar-refractivity contribution in [3.63, 3.8) is 0 Å². The zero-order chi connectivity index (χ0) is 22.8. The van der Waals surface area contributed by atoms with E-state index < -0.39 is 4.92 Å². The molecule has 2 rings (SSSR count). The number of nitro benzene ring substituents is 1. The molecule has 9 nitrogen and oxygen atoms in total. The van der Waals surface area contributed by atoms with Gasteiger partial charge in [-0.1, -0.05) is 19.1 Å². The number of methoxy groups -OCH3 is 3. The van der Waals surface area contributed by atoms with E-state index in [1.54, 1.807) is 33.5 Å². The number of ether oxygens (including phenoxy) is 3. The van der Waals surface area contributed by atoms with Crippen molar-refractivity contribution >= 4 is 11.6 Å². The maximum absolute atomic E-state index is 10.8. The fourth-order valence-corrected chi connectivity index (χ4v) is 2.81. The van der Waals surface area contributed by atoms with Crippen molar-refractivity contribution in [1.82, 2.24) is 10.6 Å². The van der Waals surface area contributed by atoms with E-state index in [0.29, 0.717) is 36.3 Å². The van der Waals surface area contributed by atoms with Gasteiger partial charge in [-0.05, 0) is 36.6 Å². The van der Waals surface area contributed by atoms with Crippen LogP contribution in [0.4, 0.5) is 5.69 Å². The molecule has 0 saturated heterocycles. The molecule has 0 radical (unpaired) electrons. The number of aliphatic imine (C=N–C) groups is 1. The van der Waals surface area contributed by atoms with Crippen LogP contribution in [0.1, 0.15) is 31.4 Å². The van der Waals surface area contributed by atoms with Crippen LogP contribution < -0.4 is 24.8 Å². The van der Waals surface area contributed by atoms with Gasteiger partial charge in [-0.15, -0.1) is 0 Å². The number of non-ortho nitro benzene ring substituents is 1. The molecule has 0 fully saturated rings. The standard InChI is InChI=1S/C22H30N4O5/c1-6-15(2)25-22(23-13-16-7-9-18(10-8-16)26(27)28)24-14-17-11-19(29-3)21(31-5)20(12-17)30-4/h7-12,15H,6,13-14H2,1-5H3,(H2,23,24,25). The molecular weight excluding hydrogens is 400 g/mol. The molecule has 2 aromatic carbocycles. The molecule has 0 saturated carbocycles. The Kier molecular flexibility index (Phi) is 8.93. The quantitative estimate of drug-likeness (QED) is 0.256. The van der Waals surface area contributed by atoms with Crippen molar-refractivity contribution in [3.05, 3.63) is 57.6 Å². The molecule has 0 aliphatic carbocycles. The number of hydrogen-bond acceptors (Lipinski definition) is 6. The predicted molar refractivity (Wildman–Crippen MR) is 120 cm³/mol. The third-order valence-electron chi connectivity index (χ3n) is 4.75. The molecule has 1 unspecified atom stereocenters. The van der Waals surface area contributed by atoms with Gasteiger partial charge in [0.2, 0.25) is 5.75 Å². The van der Waals surface area contributed by atoms with Crippen molar-refractivity contribution in [1.29, 1.82) is 0 Å². The van der Waals surface area contributed by atoms with Crippen LogP contribution in [0, 0.1) is 10.1 Å². The van der Waals surface area contributed by atoms with Gasteiger partial charge in [-0.3, -0.25) is 10.1 Å². The molecule has 2 aromatic rings. The van der Waals surface area contributed by atoms with Crippen LogP contribution in [0.2, 0.25) is 0 Å². The van der Waals surface area contributed by atoms with E-state index in [9.17, 15) is 10.1 Å². The zero-order valence-electron chi connectivity index (χ0n) is 18.6. The fourth-order valence-electron chi connectivity index (χ4n) is 2.81. The van der Waals surface area contributed by atoms with Crippen LogP contribution in [0.5, 0.6) is 17.2 Å². The number of benzene rings is 2. The maximum Gasteiger partial charge on any atom is 0.269 e. The van der Waals surface area contributed by atoms with E-state index >= 15 is 0 Å². The van der Waals surface area contributed by atoms with Gasteiger partial charge >= 0.3 is 0 Å². The number of nitro groups is 1. The Labute approximate surface area is 182 Å². The number of hydrogen-bond donors (Lipinski definition) is 2. The molecule has 168 valence electrons. The van der Waals surface area contributed by atoms with Crippen LogP contribution >= 0.6 is 0 Å². The van der Waals surface area contributed by atoms with E-state index in [2.05, 4.69) is 29.5 Å². The maximum atomic E-state index is 10.8. The van der Waals surface area contributed by atoms with E-state index in [0.717, 1.165) is 17.5 Å². The lowest BCUT2D eigenvalue weighted by atomic mass is 10.2. The summed E-state index contributed by atoms with van der Waals surface area (Å²) < 4.78 is 16.2. The Bertz CT molecular complexity index is 874. The first-order chi connectivity index (χ1) is 14.9. The predicted octanol–water partition coefficient (Wildman–Crippen LogP) is 3.65. The van der Waals surface area contributed by atoms with Gasteiger partial charge in [0.15, 0.2) is 17.5 Å². The number of guanidine groups is 1. The minimum Gasteiger partial charge on any atom is -0.493 e. The van der Waals surface area contributed by atoms with Crippen molar-refractivity contribution in [2.45, 2.75) is 39.4 Å². The van der Waals surface area contributed by atoms with Crippen LogP contribution in [0.3, 0.4) is 0 Å². The van der Waals surface area contributed by atoms with Crippen molar-refractivity contribution < 1.29 is 19.1 Å². The first kappa shape index (κ1) is 23.8. The normalized spacial score (nSPS) is 12.1. The average molecular weight is 431 g/mol. The zero-order valence-corrected chi connectivity index (χ0v) is 18.6. The molecule has 0 bridgehead atoms. The molecule has 0 heterocycles. The Morgan fingerprint density at radius 1 is 1.06 bits per heavy atom. The second-order valence-corrected chi connectivity index (χ2v) is 6.93. The second kappa shape index (κ2) is 11.6. The molecular formula is C22H30N4O5. The lowest BCUT2D eigenvalue weighted by Gasteiger charge is -2.18. The summed E-state index contributed by atoms with van der Waals surface area (Å²) in [6.07, 6.45) is 0.933. The van der Waals surface area contributed by atoms with Gasteiger partial charge in [0, 0.05) is 24.7 Å². The second-order valence-electron chi connectivity index (χ2n) is 6.93. The summed E-state index contributed by atoms with van der Waals surface area (Å²) in [5.74, 6) is 2.32. The summed E-state index contributed by atoms with van der Waals surface area (Å²) in [5.41, 5.74) is 1.88. The highest BCUT2D eigenvalue weighted by Crippen LogP contribution is 2.38. The molecule has 0 aromatic heterocycles. The third-order valence-corrected chi connectivity index (χ3v) is 4.75. The highest BCUT2D eigenvalue weighted by molar-refractivity contribution is 5.80. The molecule has 31 heavy (non-hydrogen) atoms. The van der Waals surface area contributed by atoms with E-state index in [1.807, 2.05) is 12.1 Å². The average Bonchev–Trinajstić information content (AvgIpc) is 2.79. The van der Waals surface area contributed by atoms with Gasteiger partial charge in [-0.2, -0.15) is 0 Å². The van der Waals surface area contributed by atoms with E-state index in [-0.39, 0.29) is 11.7 Å². The van der Waals surface area contributed by atoms with Crippen LogP contribution in [0.15, 0.2) is 41.4 Å². The van der Waals surface area contributed by atoms with Gasteiger partial charge in [0.1, 0.15) is 0 Å². The SMILES string of the molecule is CCC(C)NC(=NCc1cc(OC)c(OC)c(OC)c1)NCc1ccc([N+](=O)[O-])cc1. The molecule has 0 amide bonds. The van der Waals surface area contributed by atoms with E-state index in [1.165, 1.54) is 12.1 Å². The summed E-state index contributed by atoms with van der Waals surface area (Å²) in [5, 5.41) is 17.5. The van der Waals surface area contributed by atoms with Crippen molar-refractivity contribution in [2.24, 2.45) is 4.99 Å². The summed E-state index contributed by atoms with van der Waals surface area (Å²) in [4.78, 5) is 15.1. The Morgan fingerprint density at radius 3 is 2.16 bits per heavy atom. The minimum atomic E-state index is -0.411. The summed E-state index contributed by atoms with van der Waals surface area (Å²) >= 11 is 0. The highest BCUT2D eigenvalue weighted by atomic mass is 16.6. The Morgan fingerprint density at radius 2 is 1.68 bits per heavy atom. The van der Waals surface area contributed by atoms with Crippen molar-refractivity contribution in [2.75, 3.05) is 21.3 Å². The summed E-state index contributed by atoms with van der Waals surface area (Å²) in [6.45, 7) is 5.03. The van der Waals surface area contributed by atoms with Gasteiger partial charge in [0.05, 0.1) is 32.8 Å². The van der Waals surface area contributed by atoms with Crippen LogP contribution in [0.25, 0.3) is 0 Å². The van der Waals surface area contributed by atoms with Gasteiger partial charge in [0.25, 0.3) is 5.69 Å². The topological polar surface area (TPSA) is 107 Å². The molecule has 0 aliphatic rings. The first-order valence-corrected chi connectivity index (χ1v) is 9.98. The number of nitrogens with zero attached hydrogens (tertiary/aromatic N) is 2. The van der Waals surface area contributed by atoms with Crippen LogP contribution in [-0.4, -0.2) is 38.3 Å². The fraction of sp³-hybridized carbons (Fsp3) is 0.409. The van der Waals surface area contributed by atoms with Gasteiger partial charge in [-0.25, -0.2) is 4.99 Å². The first-order valence-electron chi connectivity index (χ1n) is 9.98. The molecule has 0 aliphatic heterocycles. The Balaban J connectivity index is 2.18. The third kappa shape index (κ3) is 6.77. The van der Waals surface area contributed by atoms with Crippen LogP contribution in [-0.2, 0) is 13.1 Å². The molecule has 2 N–H and O–H groups in total. The summed E-state index contributed by atoms with van der Waals surface area (Å²) in [6, 6.07) is 10.4. The largest absolute Gasteiger partial charge is 0.493 e. The summed E-state index contributed by atoms with van der Waals surface area (Å²) in [7, 11) is 4.71.